The maximum atomic E-state index is 12.9. The lowest BCUT2D eigenvalue weighted by atomic mass is 10.1. The highest BCUT2D eigenvalue weighted by Crippen LogP contribution is 2.32. The van der Waals surface area contributed by atoms with E-state index in [0.717, 1.165) is 42.8 Å². The van der Waals surface area contributed by atoms with Gasteiger partial charge in [-0.3, -0.25) is 9.78 Å². The van der Waals surface area contributed by atoms with E-state index in [-0.39, 0.29) is 11.9 Å². The number of rotatable bonds is 4. The van der Waals surface area contributed by atoms with E-state index in [1.807, 2.05) is 56.4 Å². The van der Waals surface area contributed by atoms with Gasteiger partial charge in [0, 0.05) is 24.8 Å². The zero-order chi connectivity index (χ0) is 17.1. The van der Waals surface area contributed by atoms with E-state index in [1.165, 1.54) is 5.56 Å². The van der Waals surface area contributed by atoms with Gasteiger partial charge in [0.1, 0.15) is 0 Å². The molecule has 1 aromatic heterocycles. The first kappa shape index (κ1) is 16.7. The lowest BCUT2D eigenvalue weighted by molar-refractivity contribution is 0.0733. The van der Waals surface area contributed by atoms with Crippen LogP contribution in [-0.2, 0) is 6.54 Å². The Balaban J connectivity index is 1.79. The smallest absolute Gasteiger partial charge is 0.254 e. The van der Waals surface area contributed by atoms with Gasteiger partial charge in [-0.1, -0.05) is 23.8 Å². The van der Waals surface area contributed by atoms with Gasteiger partial charge in [-0.15, -0.1) is 0 Å². The van der Waals surface area contributed by atoms with Crippen LogP contribution in [0, 0.1) is 6.92 Å². The van der Waals surface area contributed by atoms with Crippen molar-refractivity contribution < 1.29 is 4.79 Å². The molecule has 0 aliphatic carbocycles. The van der Waals surface area contributed by atoms with E-state index < -0.39 is 0 Å². The summed E-state index contributed by atoms with van der Waals surface area (Å²) in [4.78, 5) is 21.6. The predicted octanol–water partition coefficient (Wildman–Crippen LogP) is 3.43. The average Bonchev–Trinajstić information content (AvgIpc) is 3.04. The Kier molecular flexibility index (Phi) is 4.95. The number of carbonyl (C=O) groups excluding carboxylic acids is 1. The molecule has 4 heteroatoms. The highest BCUT2D eigenvalue weighted by Gasteiger charge is 2.31. The molecule has 0 bridgehead atoms. The third-order valence-corrected chi connectivity index (χ3v) is 4.47. The Bertz CT molecular complexity index is 709. The molecule has 24 heavy (non-hydrogen) atoms. The topological polar surface area (TPSA) is 36.4 Å². The molecule has 0 spiro atoms. The third kappa shape index (κ3) is 3.65. The number of nitrogens with zero attached hydrogens (tertiary/aromatic N) is 3. The summed E-state index contributed by atoms with van der Waals surface area (Å²) in [6.45, 7) is 3.70. The quantitative estimate of drug-likeness (QED) is 0.865. The summed E-state index contributed by atoms with van der Waals surface area (Å²) in [5.74, 6) is 0.111. The summed E-state index contributed by atoms with van der Waals surface area (Å²) >= 11 is 0. The van der Waals surface area contributed by atoms with E-state index in [2.05, 4.69) is 22.0 Å². The predicted molar refractivity (Wildman–Crippen MR) is 95.8 cm³/mol. The number of aromatic nitrogens is 1. The second-order valence-electron chi connectivity index (χ2n) is 6.86. The van der Waals surface area contributed by atoms with Gasteiger partial charge in [0.15, 0.2) is 0 Å². The van der Waals surface area contributed by atoms with Crippen molar-refractivity contribution in [3.05, 3.63) is 65.0 Å². The molecule has 1 aliphatic heterocycles. The van der Waals surface area contributed by atoms with Crippen molar-refractivity contribution in [1.82, 2.24) is 14.8 Å². The second-order valence-corrected chi connectivity index (χ2v) is 6.86. The molecule has 1 atom stereocenters. The number of hydrogen-bond acceptors (Lipinski definition) is 3. The Hall–Kier alpha value is -2.20. The highest BCUT2D eigenvalue weighted by molar-refractivity contribution is 5.94. The molecule has 0 saturated carbocycles. The minimum absolute atomic E-state index is 0.0893. The summed E-state index contributed by atoms with van der Waals surface area (Å²) in [5, 5.41) is 0. The summed E-state index contributed by atoms with van der Waals surface area (Å²) in [6.07, 6.45) is 3.95. The molecule has 2 aromatic rings. The van der Waals surface area contributed by atoms with Crippen molar-refractivity contribution in [1.29, 1.82) is 0 Å². The molecule has 3 rings (SSSR count). The number of amides is 1. The molecule has 0 radical (unpaired) electrons. The van der Waals surface area contributed by atoms with E-state index in [0.29, 0.717) is 0 Å². The third-order valence-electron chi connectivity index (χ3n) is 4.47. The molecule has 0 N–H and O–H groups in total. The van der Waals surface area contributed by atoms with Gasteiger partial charge < -0.3 is 9.80 Å². The zero-order valence-electron chi connectivity index (χ0n) is 14.7. The summed E-state index contributed by atoms with van der Waals surface area (Å²) in [5.41, 5.74) is 4.07. The van der Waals surface area contributed by atoms with Crippen LogP contribution in [0.1, 0.15) is 46.1 Å². The fourth-order valence-corrected chi connectivity index (χ4v) is 3.35. The first-order valence-electron chi connectivity index (χ1n) is 8.52. The average molecular weight is 323 g/mol. The van der Waals surface area contributed by atoms with Crippen molar-refractivity contribution in [3.8, 4) is 0 Å². The lowest BCUT2D eigenvalue weighted by Gasteiger charge is -2.25. The Morgan fingerprint density at radius 3 is 2.79 bits per heavy atom. The van der Waals surface area contributed by atoms with E-state index >= 15 is 0 Å². The minimum Gasteiger partial charge on any atom is -0.330 e. The normalized spacial score (nSPS) is 17.5. The van der Waals surface area contributed by atoms with Gasteiger partial charge in [-0.05, 0) is 57.6 Å². The van der Waals surface area contributed by atoms with Crippen molar-refractivity contribution >= 4 is 5.91 Å². The monoisotopic (exact) mass is 323 g/mol. The van der Waals surface area contributed by atoms with Crippen LogP contribution in [0.25, 0.3) is 0 Å². The molecule has 4 nitrogen and oxygen atoms in total. The second kappa shape index (κ2) is 7.14. The minimum atomic E-state index is 0.0893. The maximum Gasteiger partial charge on any atom is 0.254 e. The molecule has 1 saturated heterocycles. The molecule has 126 valence electrons. The Morgan fingerprint density at radius 2 is 2.12 bits per heavy atom. The van der Waals surface area contributed by atoms with Crippen LogP contribution in [0.2, 0.25) is 0 Å². The molecule has 1 amide bonds. The van der Waals surface area contributed by atoms with Crippen LogP contribution in [0.3, 0.4) is 0 Å². The number of pyridine rings is 1. The first-order chi connectivity index (χ1) is 11.5. The molecular formula is C20H25N3O. The number of likely N-dealkylation sites (tertiary alicyclic amines) is 1. The van der Waals surface area contributed by atoms with E-state index in [4.69, 9.17) is 0 Å². The van der Waals surface area contributed by atoms with Crippen LogP contribution in [0.4, 0.5) is 0 Å². The molecular weight excluding hydrogens is 298 g/mol. The van der Waals surface area contributed by atoms with E-state index in [9.17, 15) is 4.79 Å². The van der Waals surface area contributed by atoms with Gasteiger partial charge in [0.2, 0.25) is 0 Å². The molecule has 1 aliphatic rings. The van der Waals surface area contributed by atoms with Gasteiger partial charge in [-0.25, -0.2) is 0 Å². The summed E-state index contributed by atoms with van der Waals surface area (Å²) in [6, 6.07) is 12.1. The molecule has 1 fully saturated rings. The SMILES string of the molecule is Cc1cccc(C(=O)N2CCC[C@@H]2c2ccc(CN(C)C)cn2)c1. The largest absolute Gasteiger partial charge is 0.330 e. The van der Waals surface area contributed by atoms with Gasteiger partial charge >= 0.3 is 0 Å². The summed E-state index contributed by atoms with van der Waals surface area (Å²) < 4.78 is 0. The zero-order valence-corrected chi connectivity index (χ0v) is 14.7. The highest BCUT2D eigenvalue weighted by atomic mass is 16.2. The van der Waals surface area contributed by atoms with Crippen molar-refractivity contribution in [2.24, 2.45) is 0 Å². The van der Waals surface area contributed by atoms with Crippen molar-refractivity contribution in [2.75, 3.05) is 20.6 Å². The van der Waals surface area contributed by atoms with Crippen LogP contribution in [0.15, 0.2) is 42.6 Å². The standard InChI is InChI=1S/C20H25N3O/c1-15-6-4-7-17(12-15)20(24)23-11-5-8-19(23)18-10-9-16(13-21-18)14-22(2)3/h4,6-7,9-10,12-13,19H,5,8,11,14H2,1-3H3/t19-/m1/s1. The van der Waals surface area contributed by atoms with Gasteiger partial charge in [0.05, 0.1) is 11.7 Å². The number of carbonyl (C=O) groups is 1. The fourth-order valence-electron chi connectivity index (χ4n) is 3.35. The Morgan fingerprint density at radius 1 is 1.29 bits per heavy atom. The van der Waals surface area contributed by atoms with Crippen molar-refractivity contribution in [3.63, 3.8) is 0 Å². The molecule has 1 aromatic carbocycles. The van der Waals surface area contributed by atoms with Gasteiger partial charge in [0.25, 0.3) is 5.91 Å². The van der Waals surface area contributed by atoms with Crippen LogP contribution in [0.5, 0.6) is 0 Å². The van der Waals surface area contributed by atoms with Crippen LogP contribution < -0.4 is 0 Å². The lowest BCUT2D eigenvalue weighted by Crippen LogP contribution is -2.31. The molecule has 0 unspecified atom stereocenters. The first-order valence-corrected chi connectivity index (χ1v) is 8.52. The van der Waals surface area contributed by atoms with Crippen molar-refractivity contribution in [2.45, 2.75) is 32.4 Å². The number of benzene rings is 1. The van der Waals surface area contributed by atoms with Crippen LogP contribution >= 0.6 is 0 Å². The van der Waals surface area contributed by atoms with E-state index in [1.54, 1.807) is 0 Å². The number of aryl methyl sites for hydroxylation is 1. The number of hydrogen-bond donors (Lipinski definition) is 0. The Labute approximate surface area is 144 Å². The molecule has 2 heterocycles. The fraction of sp³-hybridized carbons (Fsp3) is 0.400. The maximum absolute atomic E-state index is 12.9. The van der Waals surface area contributed by atoms with Crippen LogP contribution in [-0.4, -0.2) is 41.3 Å². The summed E-state index contributed by atoms with van der Waals surface area (Å²) in [7, 11) is 4.10. The van der Waals surface area contributed by atoms with Gasteiger partial charge in [-0.2, -0.15) is 0 Å².